The van der Waals surface area contributed by atoms with E-state index in [0.29, 0.717) is 40.1 Å². The van der Waals surface area contributed by atoms with Crippen LogP contribution in [0.25, 0.3) is 0 Å². The van der Waals surface area contributed by atoms with Crippen LogP contribution >= 0.6 is 11.6 Å². The molecule has 2 N–H and O–H groups in total. The number of ether oxygens (including phenoxy) is 1. The number of fused-ring (bicyclic) bond motifs is 1. The first-order valence-electron chi connectivity index (χ1n) is 7.85. The molecule has 2 saturated heterocycles. The third-order valence-electron chi connectivity index (χ3n) is 4.61. The number of anilines is 2. The molecule has 2 aliphatic heterocycles. The molecule has 1 aromatic heterocycles. The van der Waals surface area contributed by atoms with Crippen LogP contribution in [0.2, 0.25) is 5.02 Å². The van der Waals surface area contributed by atoms with Crippen molar-refractivity contribution in [3.05, 3.63) is 40.7 Å². The van der Waals surface area contributed by atoms with Gasteiger partial charge in [0.05, 0.1) is 27.9 Å². The Morgan fingerprint density at radius 1 is 1.38 bits per heavy atom. The van der Waals surface area contributed by atoms with Gasteiger partial charge in [0.25, 0.3) is 0 Å². The number of nitrogens with one attached hydrogen (secondary N) is 2. The first-order valence-corrected chi connectivity index (χ1v) is 8.23. The van der Waals surface area contributed by atoms with Gasteiger partial charge in [-0.25, -0.2) is 9.97 Å². The molecule has 3 atom stereocenters. The van der Waals surface area contributed by atoms with Gasteiger partial charge in [-0.1, -0.05) is 11.6 Å². The van der Waals surface area contributed by atoms with E-state index in [9.17, 15) is 0 Å². The third-order valence-corrected chi connectivity index (χ3v) is 4.92. The van der Waals surface area contributed by atoms with E-state index in [1.807, 2.05) is 6.92 Å². The van der Waals surface area contributed by atoms with Crippen molar-refractivity contribution in [2.75, 3.05) is 5.32 Å². The Labute approximate surface area is 144 Å². The fourth-order valence-electron chi connectivity index (χ4n) is 3.22. The molecule has 0 spiro atoms. The van der Waals surface area contributed by atoms with Crippen molar-refractivity contribution in [3.8, 4) is 11.9 Å². The van der Waals surface area contributed by atoms with E-state index in [2.05, 4.69) is 26.7 Å². The molecular formula is C17H16ClN5O. The van der Waals surface area contributed by atoms with Crippen molar-refractivity contribution in [2.45, 2.75) is 38.0 Å². The fraction of sp³-hybridized carbons (Fsp3) is 0.353. The Hall–Kier alpha value is -2.36. The predicted octanol–water partition coefficient (Wildman–Crippen LogP) is 2.94. The van der Waals surface area contributed by atoms with E-state index in [1.165, 1.54) is 12.7 Å². The van der Waals surface area contributed by atoms with Crippen LogP contribution < -0.4 is 15.4 Å². The van der Waals surface area contributed by atoms with Crippen molar-refractivity contribution >= 4 is 23.1 Å². The van der Waals surface area contributed by atoms with Gasteiger partial charge in [0, 0.05) is 18.5 Å². The number of hydrogen-bond donors (Lipinski definition) is 2. The topological polar surface area (TPSA) is 82.9 Å². The molecule has 1 aromatic carbocycles. The summed E-state index contributed by atoms with van der Waals surface area (Å²) in [5, 5.41) is 16.0. The highest BCUT2D eigenvalue weighted by molar-refractivity contribution is 6.33. The molecule has 2 aromatic rings. The molecule has 5 rings (SSSR count). The Morgan fingerprint density at radius 3 is 2.88 bits per heavy atom. The van der Waals surface area contributed by atoms with Crippen molar-refractivity contribution in [3.63, 3.8) is 0 Å². The lowest BCUT2D eigenvalue weighted by atomic mass is 10.1. The zero-order chi connectivity index (χ0) is 16.7. The lowest BCUT2D eigenvalue weighted by Gasteiger charge is -2.26. The fourth-order valence-corrected chi connectivity index (χ4v) is 3.45. The van der Waals surface area contributed by atoms with E-state index >= 15 is 0 Å². The maximum absolute atomic E-state index is 8.91. The normalized spacial score (nSPS) is 24.1. The molecule has 2 bridgehead atoms. The van der Waals surface area contributed by atoms with Crippen LogP contribution in [-0.4, -0.2) is 28.2 Å². The van der Waals surface area contributed by atoms with E-state index in [4.69, 9.17) is 21.6 Å². The molecule has 3 aliphatic rings. The summed E-state index contributed by atoms with van der Waals surface area (Å²) in [5.74, 6) is 1.24. The maximum Gasteiger partial charge on any atom is 0.221 e. The zero-order valence-corrected chi connectivity index (χ0v) is 13.8. The molecule has 6 nitrogen and oxygen atoms in total. The largest absolute Gasteiger partial charge is 0.472 e. The monoisotopic (exact) mass is 341 g/mol. The van der Waals surface area contributed by atoms with Crippen LogP contribution in [-0.2, 0) is 0 Å². The van der Waals surface area contributed by atoms with E-state index in [1.54, 1.807) is 18.2 Å². The van der Waals surface area contributed by atoms with Gasteiger partial charge in [0.15, 0.2) is 0 Å². The van der Waals surface area contributed by atoms with E-state index in [0.717, 1.165) is 12.0 Å². The number of rotatable bonds is 4. The van der Waals surface area contributed by atoms with Crippen LogP contribution in [0.1, 0.15) is 24.0 Å². The molecule has 24 heavy (non-hydrogen) atoms. The Balaban J connectivity index is 1.55. The van der Waals surface area contributed by atoms with Gasteiger partial charge in [0.1, 0.15) is 18.2 Å². The van der Waals surface area contributed by atoms with E-state index in [-0.39, 0.29) is 6.10 Å². The van der Waals surface area contributed by atoms with Crippen LogP contribution in [0.3, 0.4) is 0 Å². The Kier molecular flexibility index (Phi) is 3.75. The quantitative estimate of drug-likeness (QED) is 0.889. The van der Waals surface area contributed by atoms with Crippen LogP contribution in [0, 0.1) is 18.3 Å². The summed E-state index contributed by atoms with van der Waals surface area (Å²) in [4.78, 5) is 8.55. The van der Waals surface area contributed by atoms with Crippen LogP contribution in [0.5, 0.6) is 5.88 Å². The summed E-state index contributed by atoms with van der Waals surface area (Å²) >= 11 is 6.22. The summed E-state index contributed by atoms with van der Waals surface area (Å²) in [6.07, 6.45) is 3.86. The first-order chi connectivity index (χ1) is 11.6. The standard InChI is InChI=1S/C17H16ClN5O/c1-9-16(23-13-3-2-10(7-19)4-12(13)18)20-8-21-17(9)24-15-6-11-5-14(15)22-11/h2-4,8,11,14-15,22H,5-6H2,1H3,(H,20,21,23). The molecule has 3 unspecified atom stereocenters. The molecule has 7 heteroatoms. The minimum Gasteiger partial charge on any atom is -0.472 e. The van der Waals surface area contributed by atoms with Gasteiger partial charge in [-0.2, -0.15) is 5.26 Å². The van der Waals surface area contributed by atoms with Gasteiger partial charge in [-0.3, -0.25) is 0 Å². The first kappa shape index (κ1) is 15.2. The Morgan fingerprint density at radius 2 is 2.21 bits per heavy atom. The number of halogens is 1. The molecule has 0 amide bonds. The lowest BCUT2D eigenvalue weighted by molar-refractivity contribution is 0.178. The Bertz CT molecular complexity index is 828. The van der Waals surface area contributed by atoms with Gasteiger partial charge in [0.2, 0.25) is 5.88 Å². The number of benzene rings is 1. The molecule has 3 fully saturated rings. The van der Waals surface area contributed by atoms with Crippen LogP contribution in [0.15, 0.2) is 24.5 Å². The summed E-state index contributed by atoms with van der Waals surface area (Å²) < 4.78 is 6.08. The van der Waals surface area contributed by atoms with Crippen LogP contribution in [0.4, 0.5) is 11.5 Å². The van der Waals surface area contributed by atoms with Crippen molar-refractivity contribution in [1.82, 2.24) is 15.3 Å². The summed E-state index contributed by atoms with van der Waals surface area (Å²) in [5.41, 5.74) is 2.04. The summed E-state index contributed by atoms with van der Waals surface area (Å²) in [7, 11) is 0. The van der Waals surface area contributed by atoms with Gasteiger partial charge in [-0.15, -0.1) is 0 Å². The summed E-state index contributed by atoms with van der Waals surface area (Å²) in [6, 6.07) is 8.19. The zero-order valence-electron chi connectivity index (χ0n) is 13.1. The van der Waals surface area contributed by atoms with Gasteiger partial charge in [-0.05, 0) is 31.5 Å². The second-order valence-corrected chi connectivity index (χ2v) is 6.59. The minimum absolute atomic E-state index is 0.176. The number of nitrogens with zero attached hydrogens (tertiary/aromatic N) is 3. The molecular weight excluding hydrogens is 326 g/mol. The highest BCUT2D eigenvalue weighted by Crippen LogP contribution is 2.35. The van der Waals surface area contributed by atoms with Gasteiger partial charge < -0.3 is 15.4 Å². The highest BCUT2D eigenvalue weighted by atomic mass is 35.5. The molecule has 0 radical (unpaired) electrons. The summed E-state index contributed by atoms with van der Waals surface area (Å²) in [6.45, 7) is 1.92. The minimum atomic E-state index is 0.176. The van der Waals surface area contributed by atoms with Crippen molar-refractivity contribution < 1.29 is 4.74 Å². The second kappa shape index (κ2) is 5.93. The highest BCUT2D eigenvalue weighted by Gasteiger charge is 2.45. The average molecular weight is 342 g/mol. The number of nitriles is 1. The average Bonchev–Trinajstić information content (AvgIpc) is 3.12. The molecule has 1 aliphatic carbocycles. The maximum atomic E-state index is 8.91. The van der Waals surface area contributed by atoms with Gasteiger partial charge >= 0.3 is 0 Å². The number of aromatic nitrogens is 2. The van der Waals surface area contributed by atoms with Crippen molar-refractivity contribution in [1.29, 1.82) is 5.26 Å². The number of hydrogen-bond acceptors (Lipinski definition) is 6. The smallest absolute Gasteiger partial charge is 0.221 e. The molecule has 3 heterocycles. The SMILES string of the molecule is Cc1c(Nc2ccc(C#N)cc2Cl)ncnc1OC1CC2CC1N2. The molecule has 122 valence electrons. The lowest BCUT2D eigenvalue weighted by Crippen LogP contribution is -2.47. The predicted molar refractivity (Wildman–Crippen MR) is 90.6 cm³/mol. The second-order valence-electron chi connectivity index (χ2n) is 6.18. The van der Waals surface area contributed by atoms with E-state index < -0.39 is 0 Å². The molecule has 1 saturated carbocycles. The third kappa shape index (κ3) is 2.66. The van der Waals surface area contributed by atoms with Crippen molar-refractivity contribution in [2.24, 2.45) is 0 Å².